The first-order valence-corrected chi connectivity index (χ1v) is 35.2. The molecular formula is C68H66Cl4N6O10S2. The maximum Gasteiger partial charge on any atom is 0.335 e. The van der Waals surface area contributed by atoms with E-state index in [2.05, 4.69) is 20.1 Å². The number of aromatic nitrogens is 4. The number of halogens is 4. The average molecular weight is 1330 g/mol. The number of rotatable bonds is 16. The summed E-state index contributed by atoms with van der Waals surface area (Å²) in [5.41, 5.74) is 9.46. The molecule has 4 aromatic carbocycles. The minimum Gasteiger partial charge on any atom is -0.478 e. The maximum atomic E-state index is 12.1. The van der Waals surface area contributed by atoms with Crippen LogP contribution in [0.25, 0.3) is 42.9 Å². The lowest BCUT2D eigenvalue weighted by molar-refractivity contribution is -0.00384. The molecular weight excluding hydrogens is 1270 g/mol. The summed E-state index contributed by atoms with van der Waals surface area (Å²) in [6.07, 6.45) is 17.8. The largest absolute Gasteiger partial charge is 0.478 e. The zero-order valence-electron chi connectivity index (χ0n) is 49.2. The fourth-order valence-electron chi connectivity index (χ4n) is 16.6. The van der Waals surface area contributed by atoms with E-state index in [0.717, 1.165) is 180 Å². The van der Waals surface area contributed by atoms with Crippen molar-refractivity contribution in [1.29, 1.82) is 0 Å². The van der Waals surface area contributed by atoms with E-state index in [9.17, 15) is 19.8 Å². The standard InChI is InChI=1S/2C34H33Cl2N3O5S/c2*35-25-2-1-3-26(36)29(25)31-24(32(44-38-31)16-4-5-16)15-42-27-13-20-8-19(27)14-39(20)34-37-30-23(11-18(33(40)41)12-28(30)45-34)17-9-21-6-7-22(10-17)43-21/h2*1-3,11-12,16-17,19-22,27H,4-10,13-15H2,(H,40,41)/t2*17?,19-,20-,21-,22+,27+/m00/s1. The molecule has 8 aromatic rings. The quantitative estimate of drug-likeness (QED) is 0.0926. The Morgan fingerprint density at radius 3 is 1.26 bits per heavy atom. The van der Waals surface area contributed by atoms with Gasteiger partial charge < -0.3 is 48.0 Å². The van der Waals surface area contributed by atoms with E-state index < -0.39 is 11.9 Å². The van der Waals surface area contributed by atoms with Crippen molar-refractivity contribution in [3.63, 3.8) is 0 Å². The van der Waals surface area contributed by atoms with Crippen LogP contribution >= 0.6 is 69.1 Å². The minimum absolute atomic E-state index is 0.129. The number of hydrogen-bond donors (Lipinski definition) is 2. The smallest absolute Gasteiger partial charge is 0.335 e. The number of piperidine rings is 2. The first-order chi connectivity index (χ1) is 43.8. The third-order valence-electron chi connectivity index (χ3n) is 21.2. The summed E-state index contributed by atoms with van der Waals surface area (Å²) in [5, 5.41) is 32.8. The Balaban J connectivity index is 0.000000139. The molecule has 90 heavy (non-hydrogen) atoms. The minimum atomic E-state index is -0.888. The molecule has 0 radical (unpaired) electrons. The lowest BCUT2D eigenvalue weighted by atomic mass is 9.87. The summed E-state index contributed by atoms with van der Waals surface area (Å²) in [6, 6.07) is 19.0. The molecule has 4 saturated carbocycles. The molecule has 18 rings (SSSR count). The van der Waals surface area contributed by atoms with Gasteiger partial charge in [-0.3, -0.25) is 0 Å². The maximum absolute atomic E-state index is 12.1. The molecule has 468 valence electrons. The molecule has 4 aromatic heterocycles. The van der Waals surface area contributed by atoms with E-state index in [1.807, 2.05) is 48.5 Å². The number of anilines is 2. The van der Waals surface area contributed by atoms with Crippen LogP contribution in [-0.2, 0) is 32.2 Å². The number of carboxylic acids is 2. The number of thiazole rings is 2. The highest BCUT2D eigenvalue weighted by molar-refractivity contribution is 7.22. The predicted molar refractivity (Wildman–Crippen MR) is 346 cm³/mol. The molecule has 16 nitrogen and oxygen atoms in total. The number of carbonyl (C=O) groups is 2. The molecule has 0 spiro atoms. The molecule has 0 amide bonds. The van der Waals surface area contributed by atoms with Gasteiger partial charge in [0.05, 0.1) is 101 Å². The fourth-order valence-corrected chi connectivity index (χ4v) is 20.0. The number of carboxylic acid groups (broad SMARTS) is 2. The summed E-state index contributed by atoms with van der Waals surface area (Å²) < 4.78 is 39.1. The van der Waals surface area contributed by atoms with Crippen LogP contribution < -0.4 is 9.80 Å². The Labute approximate surface area is 547 Å². The van der Waals surface area contributed by atoms with Crippen LogP contribution in [-0.4, -0.2) is 104 Å². The topological polar surface area (TPSA) is 196 Å². The van der Waals surface area contributed by atoms with Gasteiger partial charge in [0.15, 0.2) is 10.3 Å². The van der Waals surface area contributed by atoms with Crippen molar-refractivity contribution in [3.8, 4) is 22.5 Å². The number of hydrogen-bond acceptors (Lipinski definition) is 16. The Morgan fingerprint density at radius 2 is 0.911 bits per heavy atom. The van der Waals surface area contributed by atoms with E-state index in [4.69, 9.17) is 84.4 Å². The van der Waals surface area contributed by atoms with E-state index >= 15 is 0 Å². The van der Waals surface area contributed by atoms with Crippen LogP contribution in [0.15, 0.2) is 69.7 Å². The number of nitrogens with zero attached hydrogens (tertiary/aromatic N) is 6. The van der Waals surface area contributed by atoms with Gasteiger partial charge in [0.25, 0.3) is 0 Å². The van der Waals surface area contributed by atoms with E-state index in [-0.39, 0.29) is 48.5 Å². The third-order valence-corrected chi connectivity index (χ3v) is 24.6. The van der Waals surface area contributed by atoms with Gasteiger partial charge in [-0.05, 0) is 174 Å². The first kappa shape index (κ1) is 58.4. The monoisotopic (exact) mass is 1330 g/mol. The van der Waals surface area contributed by atoms with Crippen molar-refractivity contribution in [2.45, 2.75) is 188 Å². The molecule has 22 heteroatoms. The highest BCUT2D eigenvalue weighted by Gasteiger charge is 2.49. The van der Waals surface area contributed by atoms with Crippen molar-refractivity contribution in [3.05, 3.63) is 126 Å². The van der Waals surface area contributed by atoms with Gasteiger partial charge >= 0.3 is 11.9 Å². The fraction of sp³-hybridized carbons (Fsp3) is 0.500. The van der Waals surface area contributed by atoms with Gasteiger partial charge in [0.2, 0.25) is 0 Å². The Hall–Kier alpha value is -5.38. The van der Waals surface area contributed by atoms with Crippen LogP contribution in [0.3, 0.4) is 0 Å². The molecule has 4 aliphatic carbocycles. The molecule has 10 fully saturated rings. The van der Waals surface area contributed by atoms with Crippen molar-refractivity contribution < 1.29 is 47.8 Å². The van der Waals surface area contributed by atoms with Crippen LogP contribution in [0.5, 0.6) is 0 Å². The van der Waals surface area contributed by atoms with Gasteiger partial charge in [-0.15, -0.1) is 0 Å². The van der Waals surface area contributed by atoms with Gasteiger partial charge in [-0.1, -0.05) is 91.5 Å². The summed E-state index contributed by atoms with van der Waals surface area (Å²) in [6.45, 7) is 2.57. The molecule has 2 unspecified atom stereocenters. The molecule has 6 saturated heterocycles. The zero-order chi connectivity index (χ0) is 60.8. The predicted octanol–water partition coefficient (Wildman–Crippen LogP) is 16.9. The van der Waals surface area contributed by atoms with Gasteiger partial charge in [0, 0.05) is 71.1 Å². The Morgan fingerprint density at radius 1 is 0.522 bits per heavy atom. The molecule has 10 aliphatic rings. The second-order valence-corrected chi connectivity index (χ2v) is 30.6. The van der Waals surface area contributed by atoms with Crippen molar-refractivity contribution >= 4 is 112 Å². The molecule has 8 bridgehead atoms. The van der Waals surface area contributed by atoms with Gasteiger partial charge in [-0.2, -0.15) is 0 Å². The lowest BCUT2D eigenvalue weighted by Gasteiger charge is -2.31. The van der Waals surface area contributed by atoms with Crippen LogP contribution in [0.4, 0.5) is 10.3 Å². The molecule has 6 aliphatic heterocycles. The zero-order valence-corrected chi connectivity index (χ0v) is 53.8. The molecule has 10 heterocycles. The highest BCUT2D eigenvalue weighted by Crippen LogP contribution is 2.53. The van der Waals surface area contributed by atoms with Crippen LogP contribution in [0, 0.1) is 11.8 Å². The molecule has 12 atom stereocenters. The van der Waals surface area contributed by atoms with E-state index in [1.165, 1.54) is 0 Å². The number of fused-ring (bicyclic) bond motifs is 10. The van der Waals surface area contributed by atoms with Crippen LogP contribution in [0.1, 0.15) is 181 Å². The lowest BCUT2D eigenvalue weighted by Crippen LogP contribution is -2.38. The average Bonchev–Trinajstić information content (AvgIpc) is 1.72. The highest BCUT2D eigenvalue weighted by atomic mass is 35.5. The number of ether oxygens (including phenoxy) is 4. The van der Waals surface area contributed by atoms with E-state index in [0.29, 0.717) is 103 Å². The van der Waals surface area contributed by atoms with Crippen LogP contribution in [0.2, 0.25) is 20.1 Å². The SMILES string of the molecule is O=C(O)c1cc(C2C[C@H]3CC[C@@H](C2)O3)c2nc(N3C[C@@H]4C[C@H]3C[C@H]4OCc3c(-c4c(Cl)cccc4Cl)noc3C3CC3)sc2c1.O=C(O)c1cc(C2C[C@H]3CC[C@@H](C2)O3)c2nc(N3C[C@@H]4C[C@H]3C[C@H]4OCc3c(-c4c(Cl)cccc4Cl)noc3C3CC3)sc2c1. The summed E-state index contributed by atoms with van der Waals surface area (Å²) >= 11 is 29.5. The second-order valence-electron chi connectivity index (χ2n) is 26.9. The van der Waals surface area contributed by atoms with Gasteiger partial charge in [-0.25, -0.2) is 19.6 Å². The number of benzene rings is 4. The third kappa shape index (κ3) is 10.7. The van der Waals surface area contributed by atoms with E-state index in [1.54, 1.807) is 34.8 Å². The Bertz CT molecular complexity index is 3840. The summed E-state index contributed by atoms with van der Waals surface area (Å²) in [7, 11) is 0. The van der Waals surface area contributed by atoms with Crippen molar-refractivity contribution in [2.24, 2.45) is 11.8 Å². The van der Waals surface area contributed by atoms with Gasteiger partial charge in [0.1, 0.15) is 22.9 Å². The normalized spacial score (nSPS) is 28.9. The van der Waals surface area contributed by atoms with Crippen molar-refractivity contribution in [1.82, 2.24) is 20.3 Å². The first-order valence-electron chi connectivity index (χ1n) is 32.1. The second kappa shape index (κ2) is 23.3. The Kier molecular flexibility index (Phi) is 15.1. The number of aromatic carboxylic acids is 2. The summed E-state index contributed by atoms with van der Waals surface area (Å²) in [4.78, 5) is 39.4. The molecule has 2 N–H and O–H groups in total. The van der Waals surface area contributed by atoms with Crippen molar-refractivity contribution in [2.75, 3.05) is 22.9 Å². The summed E-state index contributed by atoms with van der Waals surface area (Å²) in [5.74, 6) is 2.11.